The summed E-state index contributed by atoms with van der Waals surface area (Å²) in [4.78, 5) is 27.7. The van der Waals surface area contributed by atoms with E-state index in [9.17, 15) is 9.59 Å². The van der Waals surface area contributed by atoms with Crippen molar-refractivity contribution in [2.75, 3.05) is 11.9 Å². The summed E-state index contributed by atoms with van der Waals surface area (Å²) in [6, 6.07) is 8.09. The summed E-state index contributed by atoms with van der Waals surface area (Å²) in [5, 5.41) is 3.66. The first-order valence-corrected chi connectivity index (χ1v) is 10.7. The molecule has 0 atom stereocenters. The van der Waals surface area contributed by atoms with Crippen LogP contribution in [-0.2, 0) is 24.8 Å². The van der Waals surface area contributed by atoms with Crippen LogP contribution in [0.5, 0.6) is 0 Å². The van der Waals surface area contributed by atoms with Gasteiger partial charge in [0.05, 0.1) is 0 Å². The highest BCUT2D eigenvalue weighted by Gasteiger charge is 2.42. The molecule has 0 unspecified atom stereocenters. The highest BCUT2D eigenvalue weighted by molar-refractivity contribution is 5.90. The number of carbonyl (C=O) groups excluding carboxylic acids is 1. The maximum absolute atomic E-state index is 13.8. The fourth-order valence-corrected chi connectivity index (χ4v) is 4.76. The van der Waals surface area contributed by atoms with E-state index in [-0.39, 0.29) is 11.5 Å². The Morgan fingerprint density at radius 1 is 1.03 bits per heavy atom. The third-order valence-electron chi connectivity index (χ3n) is 6.71. The van der Waals surface area contributed by atoms with Gasteiger partial charge in [-0.25, -0.2) is 0 Å². The van der Waals surface area contributed by atoms with Crippen LogP contribution in [0.2, 0.25) is 0 Å². The lowest BCUT2D eigenvalue weighted by Crippen LogP contribution is -2.56. The lowest BCUT2D eigenvalue weighted by molar-refractivity contribution is -0.138. The molecule has 0 saturated heterocycles. The number of nitrogens with one attached hydrogen (secondary N) is 1. The monoisotopic (exact) mass is 393 g/mol. The average Bonchev–Trinajstić information content (AvgIpc) is 2.71. The van der Waals surface area contributed by atoms with E-state index < -0.39 is 5.54 Å². The fourth-order valence-electron chi connectivity index (χ4n) is 4.76. The molecule has 29 heavy (non-hydrogen) atoms. The molecule has 1 aliphatic carbocycles. The zero-order valence-electron chi connectivity index (χ0n) is 17.8. The van der Waals surface area contributed by atoms with E-state index in [1.165, 1.54) is 17.5 Å². The van der Waals surface area contributed by atoms with Crippen LogP contribution in [0.3, 0.4) is 0 Å². The summed E-state index contributed by atoms with van der Waals surface area (Å²) in [7, 11) is 1.77. The van der Waals surface area contributed by atoms with Gasteiger partial charge in [-0.15, -0.1) is 0 Å². The second-order valence-electron chi connectivity index (χ2n) is 8.82. The molecular weight excluding hydrogens is 362 g/mol. The molecular formula is C24H31N3O2. The fraction of sp³-hybridized carbons (Fsp3) is 0.500. The van der Waals surface area contributed by atoms with Crippen LogP contribution in [0.1, 0.15) is 54.4 Å². The first-order valence-electron chi connectivity index (χ1n) is 10.7. The molecule has 1 aliphatic heterocycles. The largest absolute Gasteiger partial charge is 0.371 e. The van der Waals surface area contributed by atoms with E-state index in [1.54, 1.807) is 17.7 Å². The highest BCUT2D eigenvalue weighted by atomic mass is 16.2. The molecule has 2 aromatic rings. The predicted octanol–water partition coefficient (Wildman–Crippen LogP) is 3.70. The van der Waals surface area contributed by atoms with Crippen molar-refractivity contribution in [2.45, 2.75) is 64.5 Å². The lowest BCUT2D eigenvalue weighted by atomic mass is 9.79. The molecule has 5 heteroatoms. The number of nitrogens with zero attached hydrogens (tertiary/aromatic N) is 2. The van der Waals surface area contributed by atoms with Crippen LogP contribution in [-0.4, -0.2) is 27.5 Å². The number of hydrogen-bond donors (Lipinski definition) is 1. The smallest absolute Gasteiger partial charge is 0.250 e. The second kappa shape index (κ2) is 7.69. The molecule has 2 heterocycles. The number of aryl methyl sites for hydroxylation is 3. The molecule has 0 radical (unpaired) electrons. The zero-order valence-corrected chi connectivity index (χ0v) is 17.8. The molecule has 1 saturated carbocycles. The summed E-state index contributed by atoms with van der Waals surface area (Å²) >= 11 is 0. The average molecular weight is 394 g/mol. The second-order valence-corrected chi connectivity index (χ2v) is 8.82. The van der Waals surface area contributed by atoms with Crippen molar-refractivity contribution < 1.29 is 4.79 Å². The van der Waals surface area contributed by atoms with Crippen LogP contribution >= 0.6 is 0 Å². The Morgan fingerprint density at radius 2 is 1.79 bits per heavy atom. The minimum Gasteiger partial charge on any atom is -0.371 e. The van der Waals surface area contributed by atoms with Crippen LogP contribution in [0.15, 0.2) is 35.3 Å². The summed E-state index contributed by atoms with van der Waals surface area (Å²) in [5.74, 6) is 0.204. The number of amides is 1. The number of anilines is 1. The molecule has 5 nitrogen and oxygen atoms in total. The van der Waals surface area contributed by atoms with Crippen molar-refractivity contribution in [2.24, 2.45) is 7.05 Å². The topological polar surface area (TPSA) is 54.3 Å². The van der Waals surface area contributed by atoms with Gasteiger partial charge in [-0.05, 0) is 67.5 Å². The van der Waals surface area contributed by atoms with Crippen LogP contribution in [0.25, 0.3) is 0 Å². The van der Waals surface area contributed by atoms with Crippen molar-refractivity contribution >= 4 is 11.6 Å². The number of benzene rings is 1. The number of carbonyl (C=O) groups is 1. The van der Waals surface area contributed by atoms with Gasteiger partial charge >= 0.3 is 0 Å². The van der Waals surface area contributed by atoms with Gasteiger partial charge in [0.2, 0.25) is 5.91 Å². The molecule has 1 fully saturated rings. The number of hydrogen-bond acceptors (Lipinski definition) is 3. The van der Waals surface area contributed by atoms with Crippen LogP contribution < -0.4 is 10.9 Å². The van der Waals surface area contributed by atoms with E-state index >= 15 is 0 Å². The summed E-state index contributed by atoms with van der Waals surface area (Å²) in [5.41, 5.74) is 5.18. The summed E-state index contributed by atoms with van der Waals surface area (Å²) in [6.07, 6.45) is 7.71. The van der Waals surface area contributed by atoms with Gasteiger partial charge in [0, 0.05) is 38.1 Å². The number of fused-ring (bicyclic) bond motifs is 1. The molecule has 0 bridgehead atoms. The van der Waals surface area contributed by atoms with E-state index in [1.807, 2.05) is 11.1 Å². The SMILES string of the molecule is Cc1ccc(NC2(C(=O)N3CCc4cc(=O)n(C)cc4C3)CCCCC2)cc1C. The Bertz CT molecular complexity index is 986. The first kappa shape index (κ1) is 19.7. The molecule has 4 rings (SSSR count). The number of rotatable bonds is 3. The molecule has 0 spiro atoms. The zero-order chi connectivity index (χ0) is 20.6. The Hall–Kier alpha value is -2.56. The quantitative estimate of drug-likeness (QED) is 0.865. The molecule has 1 N–H and O–H groups in total. The van der Waals surface area contributed by atoms with Crippen molar-refractivity contribution in [3.05, 3.63) is 63.1 Å². The van der Waals surface area contributed by atoms with E-state index in [0.717, 1.165) is 48.9 Å². The van der Waals surface area contributed by atoms with E-state index in [4.69, 9.17) is 0 Å². The predicted molar refractivity (Wildman–Crippen MR) is 116 cm³/mol. The summed E-state index contributed by atoms with van der Waals surface area (Å²) < 4.78 is 1.61. The van der Waals surface area contributed by atoms with Gasteiger partial charge in [-0.2, -0.15) is 0 Å². The van der Waals surface area contributed by atoms with Gasteiger partial charge in [0.25, 0.3) is 5.56 Å². The van der Waals surface area contributed by atoms with Gasteiger partial charge in [0.15, 0.2) is 0 Å². The van der Waals surface area contributed by atoms with Crippen molar-refractivity contribution in [1.82, 2.24) is 9.47 Å². The van der Waals surface area contributed by atoms with Crippen molar-refractivity contribution in [1.29, 1.82) is 0 Å². The number of pyridine rings is 1. The molecule has 1 aromatic heterocycles. The maximum Gasteiger partial charge on any atom is 0.250 e. The third-order valence-corrected chi connectivity index (χ3v) is 6.71. The third kappa shape index (κ3) is 3.83. The molecule has 1 amide bonds. The normalized spacial score (nSPS) is 18.2. The minimum absolute atomic E-state index is 0.0173. The molecule has 2 aliphatic rings. The van der Waals surface area contributed by atoms with Crippen molar-refractivity contribution in [3.8, 4) is 0 Å². The lowest BCUT2D eigenvalue weighted by Gasteiger charge is -2.42. The molecule has 1 aromatic carbocycles. The maximum atomic E-state index is 13.8. The first-order chi connectivity index (χ1) is 13.9. The minimum atomic E-state index is -0.530. The van der Waals surface area contributed by atoms with Gasteiger partial charge < -0.3 is 14.8 Å². The van der Waals surface area contributed by atoms with Crippen molar-refractivity contribution in [3.63, 3.8) is 0 Å². The van der Waals surface area contributed by atoms with Crippen LogP contribution in [0.4, 0.5) is 5.69 Å². The Kier molecular flexibility index (Phi) is 5.24. The van der Waals surface area contributed by atoms with Gasteiger partial charge in [-0.1, -0.05) is 25.3 Å². The van der Waals surface area contributed by atoms with Gasteiger partial charge in [0.1, 0.15) is 5.54 Å². The highest BCUT2D eigenvalue weighted by Crippen LogP contribution is 2.35. The Labute approximate surface area is 172 Å². The van der Waals surface area contributed by atoms with Gasteiger partial charge in [-0.3, -0.25) is 9.59 Å². The number of aromatic nitrogens is 1. The standard InChI is InChI=1S/C24H31N3O2/c1-17-7-8-21(13-18(17)2)25-24(10-5-4-6-11-24)23(29)27-12-9-19-14-22(28)26(3)15-20(19)16-27/h7-8,13-15,25H,4-6,9-12,16H2,1-3H3. The Morgan fingerprint density at radius 3 is 2.52 bits per heavy atom. The van der Waals surface area contributed by atoms with E-state index in [0.29, 0.717) is 13.1 Å². The van der Waals surface area contributed by atoms with Crippen LogP contribution in [0, 0.1) is 13.8 Å². The Balaban J connectivity index is 1.61. The molecule has 154 valence electrons. The summed E-state index contributed by atoms with van der Waals surface area (Å²) in [6.45, 7) is 5.48. The van der Waals surface area contributed by atoms with E-state index in [2.05, 4.69) is 37.4 Å².